The highest BCUT2D eigenvalue weighted by molar-refractivity contribution is 5.93. The average Bonchev–Trinajstić information content (AvgIpc) is 2.77. The van der Waals surface area contributed by atoms with Gasteiger partial charge < -0.3 is 25.0 Å². The van der Waals surface area contributed by atoms with Crippen LogP contribution >= 0.6 is 0 Å². The van der Waals surface area contributed by atoms with E-state index in [1.807, 2.05) is 25.2 Å². The predicted octanol–water partition coefficient (Wildman–Crippen LogP) is 3.58. The number of nitrogens with one attached hydrogen (secondary N) is 2. The molecule has 0 aromatic heterocycles. The molecule has 1 aliphatic heterocycles. The van der Waals surface area contributed by atoms with Crippen molar-refractivity contribution in [3.8, 4) is 11.5 Å². The van der Waals surface area contributed by atoms with Gasteiger partial charge >= 0.3 is 0 Å². The zero-order valence-electron chi connectivity index (χ0n) is 19.1. The van der Waals surface area contributed by atoms with Crippen LogP contribution in [0.4, 0.5) is 5.69 Å². The molecule has 1 aliphatic carbocycles. The smallest absolute Gasteiger partial charge is 0.227 e. The van der Waals surface area contributed by atoms with Crippen LogP contribution in [-0.4, -0.2) is 44.6 Å². The summed E-state index contributed by atoms with van der Waals surface area (Å²) in [4.78, 5) is 19.0. The first-order valence-electron chi connectivity index (χ1n) is 11.2. The van der Waals surface area contributed by atoms with Crippen molar-refractivity contribution in [2.45, 2.75) is 38.8 Å². The van der Waals surface area contributed by atoms with Crippen LogP contribution in [0.25, 0.3) is 0 Å². The van der Waals surface area contributed by atoms with E-state index >= 15 is 0 Å². The van der Waals surface area contributed by atoms with Gasteiger partial charge in [0.05, 0.1) is 14.2 Å². The highest BCUT2D eigenvalue weighted by Crippen LogP contribution is 2.33. The summed E-state index contributed by atoms with van der Waals surface area (Å²) in [6.45, 7) is 2.27. The van der Waals surface area contributed by atoms with Crippen molar-refractivity contribution >= 4 is 17.6 Å². The molecule has 0 unspecified atom stereocenters. The second kappa shape index (κ2) is 9.94. The molecule has 1 heterocycles. The summed E-state index contributed by atoms with van der Waals surface area (Å²) in [5.41, 5.74) is 4.45. The number of carbonyl (C=O) groups is 1. The van der Waals surface area contributed by atoms with E-state index in [0.29, 0.717) is 6.54 Å². The van der Waals surface area contributed by atoms with E-state index in [2.05, 4.69) is 38.7 Å². The van der Waals surface area contributed by atoms with Gasteiger partial charge in [-0.15, -0.1) is 0 Å². The molecule has 170 valence electrons. The van der Waals surface area contributed by atoms with E-state index in [4.69, 9.17) is 9.47 Å². The van der Waals surface area contributed by atoms with Gasteiger partial charge in [0.1, 0.15) is 0 Å². The van der Waals surface area contributed by atoms with E-state index in [1.165, 1.54) is 11.1 Å². The van der Waals surface area contributed by atoms with Crippen LogP contribution in [0.1, 0.15) is 36.0 Å². The minimum absolute atomic E-state index is 0.135. The van der Waals surface area contributed by atoms with E-state index in [1.54, 1.807) is 14.2 Å². The SMILES string of the molecule is CN=C(NCc1cccc(NC(=O)C2CCC2)c1)N1CCc2cc(OC)c(OC)cc2C1. The number of aliphatic imine (C=N–C) groups is 1. The first-order valence-corrected chi connectivity index (χ1v) is 11.2. The maximum absolute atomic E-state index is 12.2. The molecule has 2 aliphatic rings. The van der Waals surface area contributed by atoms with Gasteiger partial charge in [-0.25, -0.2) is 0 Å². The number of fused-ring (bicyclic) bond motifs is 1. The summed E-state index contributed by atoms with van der Waals surface area (Å²) in [5, 5.41) is 6.52. The predicted molar refractivity (Wildman–Crippen MR) is 126 cm³/mol. The third kappa shape index (κ3) is 4.82. The van der Waals surface area contributed by atoms with Crippen LogP contribution in [0, 0.1) is 5.92 Å². The second-order valence-corrected chi connectivity index (χ2v) is 8.37. The summed E-state index contributed by atoms with van der Waals surface area (Å²) in [7, 11) is 5.13. The van der Waals surface area contributed by atoms with E-state index < -0.39 is 0 Å². The molecular weight excluding hydrogens is 404 g/mol. The Balaban J connectivity index is 1.38. The molecule has 7 nitrogen and oxygen atoms in total. The third-order valence-corrected chi connectivity index (χ3v) is 6.35. The number of ether oxygens (including phenoxy) is 2. The number of hydrogen-bond acceptors (Lipinski definition) is 4. The number of amides is 1. The molecule has 1 saturated carbocycles. The fraction of sp³-hybridized carbons (Fsp3) is 0.440. The molecule has 0 atom stereocenters. The van der Waals surface area contributed by atoms with E-state index in [9.17, 15) is 4.79 Å². The van der Waals surface area contributed by atoms with Crippen LogP contribution in [0.5, 0.6) is 11.5 Å². The first kappa shape index (κ1) is 22.0. The maximum atomic E-state index is 12.2. The van der Waals surface area contributed by atoms with Crippen molar-refractivity contribution < 1.29 is 14.3 Å². The Kier molecular flexibility index (Phi) is 6.83. The van der Waals surface area contributed by atoms with E-state index in [-0.39, 0.29) is 11.8 Å². The number of anilines is 1. The van der Waals surface area contributed by atoms with E-state index in [0.717, 1.165) is 67.5 Å². The lowest BCUT2D eigenvalue weighted by molar-refractivity contribution is -0.122. The number of benzene rings is 2. The number of nitrogens with zero attached hydrogens (tertiary/aromatic N) is 2. The van der Waals surface area contributed by atoms with Crippen molar-refractivity contribution in [2.75, 3.05) is 33.1 Å². The molecule has 2 aromatic carbocycles. The number of hydrogen-bond donors (Lipinski definition) is 2. The highest BCUT2D eigenvalue weighted by atomic mass is 16.5. The normalized spacial score (nSPS) is 16.1. The Morgan fingerprint density at radius 1 is 1.12 bits per heavy atom. The Morgan fingerprint density at radius 3 is 2.53 bits per heavy atom. The molecule has 4 rings (SSSR count). The highest BCUT2D eigenvalue weighted by Gasteiger charge is 2.25. The molecule has 0 spiro atoms. The van der Waals surface area contributed by atoms with Crippen LogP contribution in [0.15, 0.2) is 41.4 Å². The molecule has 1 fully saturated rings. The Labute approximate surface area is 189 Å². The van der Waals surface area contributed by atoms with Crippen molar-refractivity contribution in [3.63, 3.8) is 0 Å². The van der Waals surface area contributed by atoms with Crippen molar-refractivity contribution in [3.05, 3.63) is 53.1 Å². The van der Waals surface area contributed by atoms with Crippen LogP contribution in [0.2, 0.25) is 0 Å². The van der Waals surface area contributed by atoms with Gasteiger partial charge in [0.2, 0.25) is 5.91 Å². The van der Waals surface area contributed by atoms with Crippen molar-refractivity contribution in [1.82, 2.24) is 10.2 Å². The van der Waals surface area contributed by atoms with Gasteiger partial charge in [-0.3, -0.25) is 9.79 Å². The summed E-state index contributed by atoms with van der Waals surface area (Å²) >= 11 is 0. The summed E-state index contributed by atoms with van der Waals surface area (Å²) in [6, 6.07) is 12.1. The molecule has 1 amide bonds. The third-order valence-electron chi connectivity index (χ3n) is 6.35. The lowest BCUT2D eigenvalue weighted by atomic mass is 9.85. The van der Waals surface area contributed by atoms with Crippen LogP contribution in [0.3, 0.4) is 0 Å². The number of carbonyl (C=O) groups excluding carboxylic acids is 1. The average molecular weight is 437 g/mol. The van der Waals surface area contributed by atoms with Crippen LogP contribution in [-0.2, 0) is 24.3 Å². The molecule has 32 heavy (non-hydrogen) atoms. The second-order valence-electron chi connectivity index (χ2n) is 8.37. The van der Waals surface area contributed by atoms with Crippen molar-refractivity contribution in [1.29, 1.82) is 0 Å². The lowest BCUT2D eigenvalue weighted by Gasteiger charge is -2.32. The number of guanidine groups is 1. The zero-order chi connectivity index (χ0) is 22.5. The van der Waals surface area contributed by atoms with Gasteiger partial charge in [-0.1, -0.05) is 18.6 Å². The standard InChI is InChI=1S/C25H32N4O3/c1-26-25(29-11-10-19-13-22(31-2)23(32-3)14-20(19)16-29)27-15-17-6-4-9-21(12-17)28-24(30)18-7-5-8-18/h4,6,9,12-14,18H,5,7-8,10-11,15-16H2,1-3H3,(H,26,27)(H,28,30). The minimum Gasteiger partial charge on any atom is -0.493 e. The van der Waals surface area contributed by atoms with Crippen molar-refractivity contribution in [2.24, 2.45) is 10.9 Å². The Bertz CT molecular complexity index is 1000. The maximum Gasteiger partial charge on any atom is 0.227 e. The molecule has 0 bridgehead atoms. The minimum atomic E-state index is 0.135. The summed E-state index contributed by atoms with van der Waals surface area (Å²) in [5.74, 6) is 2.69. The first-order chi connectivity index (χ1) is 15.6. The largest absolute Gasteiger partial charge is 0.493 e. The van der Waals surface area contributed by atoms with Gasteiger partial charge in [-0.05, 0) is 60.2 Å². The summed E-state index contributed by atoms with van der Waals surface area (Å²) < 4.78 is 10.9. The number of rotatable bonds is 6. The fourth-order valence-electron chi connectivity index (χ4n) is 4.25. The molecule has 2 aromatic rings. The monoisotopic (exact) mass is 436 g/mol. The molecule has 0 saturated heterocycles. The fourth-order valence-corrected chi connectivity index (χ4v) is 4.25. The topological polar surface area (TPSA) is 75.2 Å². The van der Waals surface area contributed by atoms with Gasteiger partial charge in [0.25, 0.3) is 0 Å². The Morgan fingerprint density at radius 2 is 1.88 bits per heavy atom. The number of methoxy groups -OCH3 is 2. The Hall–Kier alpha value is -3.22. The molecule has 2 N–H and O–H groups in total. The van der Waals surface area contributed by atoms with Gasteiger partial charge in [0.15, 0.2) is 17.5 Å². The molecular formula is C25H32N4O3. The molecule has 7 heteroatoms. The zero-order valence-corrected chi connectivity index (χ0v) is 19.1. The summed E-state index contributed by atoms with van der Waals surface area (Å²) in [6.07, 6.45) is 4.07. The molecule has 0 radical (unpaired) electrons. The lowest BCUT2D eigenvalue weighted by Crippen LogP contribution is -2.43. The van der Waals surface area contributed by atoms with Gasteiger partial charge in [0, 0.05) is 38.3 Å². The van der Waals surface area contributed by atoms with Crippen LogP contribution < -0.4 is 20.1 Å². The van der Waals surface area contributed by atoms with Gasteiger partial charge in [-0.2, -0.15) is 0 Å². The quantitative estimate of drug-likeness (QED) is 0.535.